The van der Waals surface area contributed by atoms with E-state index in [1.165, 1.54) is 6.34 Å². The molecule has 0 saturated heterocycles. The molecule has 1 aliphatic carbocycles. The molecule has 5 heteroatoms. The Morgan fingerprint density at radius 3 is 3.00 bits per heavy atom. The van der Waals surface area contributed by atoms with Crippen molar-refractivity contribution in [1.82, 2.24) is 5.32 Å². The fraction of sp³-hybridized carbons (Fsp3) is 0.267. The predicted octanol–water partition coefficient (Wildman–Crippen LogP) is 1.81. The predicted molar refractivity (Wildman–Crippen MR) is 81.1 cm³/mol. The maximum atomic E-state index is 12.5. The number of allylic oxidation sites excluding steroid dienone is 5. The first-order valence-corrected chi connectivity index (χ1v) is 6.39. The van der Waals surface area contributed by atoms with Crippen molar-refractivity contribution in [1.29, 1.82) is 0 Å². The Morgan fingerprint density at radius 1 is 1.50 bits per heavy atom. The molecule has 3 N–H and O–H groups in total. The standard InChI is InChI=1S/C15H18N4O/c1-3-12-8-15(9-13(12)18-10-16)6-4-5-7-17-11(2)19-14(15)20/h3-5,7,10H,1-2,6,8-9H2,(H2,16,18)(H,19,20)/b5-4-,17-7-. The van der Waals surface area contributed by atoms with Crippen LogP contribution in [0.2, 0.25) is 0 Å². The maximum Gasteiger partial charge on any atom is 0.232 e. The van der Waals surface area contributed by atoms with Crippen LogP contribution in [0.3, 0.4) is 0 Å². The van der Waals surface area contributed by atoms with E-state index in [-0.39, 0.29) is 5.91 Å². The summed E-state index contributed by atoms with van der Waals surface area (Å²) in [6, 6.07) is 0. The van der Waals surface area contributed by atoms with Gasteiger partial charge in [-0.1, -0.05) is 25.3 Å². The van der Waals surface area contributed by atoms with Gasteiger partial charge in [-0.25, -0.2) is 9.98 Å². The highest BCUT2D eigenvalue weighted by Gasteiger charge is 2.43. The van der Waals surface area contributed by atoms with E-state index in [1.807, 2.05) is 12.2 Å². The topological polar surface area (TPSA) is 79.8 Å². The van der Waals surface area contributed by atoms with Crippen LogP contribution in [-0.4, -0.2) is 18.5 Å². The molecule has 2 rings (SSSR count). The molecule has 5 nitrogen and oxygen atoms in total. The Balaban J connectivity index is 2.33. The van der Waals surface area contributed by atoms with Crippen LogP contribution in [0.4, 0.5) is 0 Å². The number of carbonyl (C=O) groups is 1. The summed E-state index contributed by atoms with van der Waals surface area (Å²) < 4.78 is 0. The van der Waals surface area contributed by atoms with Crippen LogP contribution in [0.1, 0.15) is 19.3 Å². The third-order valence-corrected chi connectivity index (χ3v) is 3.58. The largest absolute Gasteiger partial charge is 0.390 e. The second kappa shape index (κ2) is 5.69. The molecule has 0 fully saturated rings. The molecule has 0 aromatic carbocycles. The molecule has 1 unspecified atom stereocenters. The van der Waals surface area contributed by atoms with Crippen LogP contribution < -0.4 is 11.1 Å². The number of hydrogen-bond donors (Lipinski definition) is 2. The van der Waals surface area contributed by atoms with Crippen molar-refractivity contribution in [3.8, 4) is 0 Å². The third-order valence-electron chi connectivity index (χ3n) is 3.58. The van der Waals surface area contributed by atoms with E-state index in [0.717, 1.165) is 11.3 Å². The summed E-state index contributed by atoms with van der Waals surface area (Å²) in [6.07, 6.45) is 10.1. The summed E-state index contributed by atoms with van der Waals surface area (Å²) in [5.74, 6) is 0.254. The number of aliphatic imine (C=N–C) groups is 2. The van der Waals surface area contributed by atoms with E-state index in [2.05, 4.69) is 28.5 Å². The van der Waals surface area contributed by atoms with Crippen LogP contribution in [-0.2, 0) is 4.79 Å². The summed E-state index contributed by atoms with van der Waals surface area (Å²) >= 11 is 0. The summed E-state index contributed by atoms with van der Waals surface area (Å²) in [5.41, 5.74) is 6.58. The van der Waals surface area contributed by atoms with E-state index in [9.17, 15) is 4.79 Å². The molecule has 1 aliphatic heterocycles. The zero-order valence-electron chi connectivity index (χ0n) is 11.3. The number of nitrogens with two attached hydrogens (primary N) is 1. The highest BCUT2D eigenvalue weighted by molar-refractivity contribution is 5.87. The minimum Gasteiger partial charge on any atom is -0.390 e. The minimum atomic E-state index is -0.571. The maximum absolute atomic E-state index is 12.5. The van der Waals surface area contributed by atoms with Crippen molar-refractivity contribution < 1.29 is 4.79 Å². The van der Waals surface area contributed by atoms with E-state index in [4.69, 9.17) is 5.73 Å². The second-order valence-corrected chi connectivity index (χ2v) is 4.90. The average molecular weight is 270 g/mol. The van der Waals surface area contributed by atoms with Crippen molar-refractivity contribution in [2.24, 2.45) is 21.1 Å². The van der Waals surface area contributed by atoms with E-state index >= 15 is 0 Å². The van der Waals surface area contributed by atoms with Crippen LogP contribution in [0, 0.1) is 5.41 Å². The van der Waals surface area contributed by atoms with Gasteiger partial charge in [-0.05, 0) is 24.5 Å². The SMILES string of the molecule is C=CC1=C(N=CN)CC2(C/C=C\C=N/C(=C)NC2=O)C1. The molecule has 0 radical (unpaired) electrons. The summed E-state index contributed by atoms with van der Waals surface area (Å²) in [5, 5.41) is 2.75. The zero-order valence-corrected chi connectivity index (χ0v) is 11.3. The average Bonchev–Trinajstić information content (AvgIpc) is 2.79. The van der Waals surface area contributed by atoms with Crippen LogP contribution in [0.25, 0.3) is 0 Å². The summed E-state index contributed by atoms with van der Waals surface area (Å²) in [4.78, 5) is 20.7. The normalized spacial score (nSPS) is 30.0. The number of rotatable bonds is 2. The molecule has 0 aromatic heterocycles. The van der Waals surface area contributed by atoms with E-state index in [1.54, 1.807) is 12.3 Å². The molecule has 1 spiro atoms. The highest BCUT2D eigenvalue weighted by Crippen LogP contribution is 2.46. The quantitative estimate of drug-likeness (QED) is 0.593. The van der Waals surface area contributed by atoms with Gasteiger partial charge in [-0.2, -0.15) is 0 Å². The van der Waals surface area contributed by atoms with Gasteiger partial charge in [0, 0.05) is 18.3 Å². The molecule has 1 amide bonds. The minimum absolute atomic E-state index is 0.0900. The molecule has 2 aliphatic rings. The van der Waals surface area contributed by atoms with Gasteiger partial charge in [0.15, 0.2) is 0 Å². The molecule has 0 bridgehead atoms. The van der Waals surface area contributed by atoms with Crippen LogP contribution in [0.15, 0.2) is 58.5 Å². The van der Waals surface area contributed by atoms with Crippen molar-refractivity contribution in [3.63, 3.8) is 0 Å². The monoisotopic (exact) mass is 270 g/mol. The van der Waals surface area contributed by atoms with Gasteiger partial charge in [0.25, 0.3) is 0 Å². The number of nitrogens with zero attached hydrogens (tertiary/aromatic N) is 2. The molecule has 1 heterocycles. The smallest absolute Gasteiger partial charge is 0.232 e. The number of amides is 1. The Hall–Kier alpha value is -2.43. The first-order chi connectivity index (χ1) is 9.61. The number of carbonyl (C=O) groups excluding carboxylic acids is 1. The van der Waals surface area contributed by atoms with Gasteiger partial charge >= 0.3 is 0 Å². The van der Waals surface area contributed by atoms with Gasteiger partial charge < -0.3 is 11.1 Å². The van der Waals surface area contributed by atoms with E-state index in [0.29, 0.717) is 25.1 Å². The van der Waals surface area contributed by atoms with Crippen molar-refractivity contribution >= 4 is 18.5 Å². The van der Waals surface area contributed by atoms with Gasteiger partial charge in [0.1, 0.15) is 5.82 Å². The zero-order chi connectivity index (χ0) is 14.6. The van der Waals surface area contributed by atoms with Gasteiger partial charge in [-0.15, -0.1) is 0 Å². The van der Waals surface area contributed by atoms with Crippen molar-refractivity contribution in [3.05, 3.63) is 48.5 Å². The first-order valence-electron chi connectivity index (χ1n) is 6.39. The lowest BCUT2D eigenvalue weighted by Gasteiger charge is -2.26. The molecule has 20 heavy (non-hydrogen) atoms. The first kappa shape index (κ1) is 14.0. The third kappa shape index (κ3) is 2.61. The summed E-state index contributed by atoms with van der Waals surface area (Å²) in [6.45, 7) is 7.50. The lowest BCUT2D eigenvalue weighted by Crippen LogP contribution is -2.38. The van der Waals surface area contributed by atoms with Gasteiger partial charge in [-0.3, -0.25) is 4.79 Å². The molecule has 104 valence electrons. The fourth-order valence-corrected chi connectivity index (χ4v) is 2.55. The van der Waals surface area contributed by atoms with Crippen LogP contribution in [0.5, 0.6) is 0 Å². The highest BCUT2D eigenvalue weighted by atomic mass is 16.2. The molecule has 1 atom stereocenters. The molecular weight excluding hydrogens is 252 g/mol. The molecule has 0 aromatic rings. The molecule has 0 saturated carbocycles. The Morgan fingerprint density at radius 2 is 2.30 bits per heavy atom. The number of nitrogens with one attached hydrogen (secondary N) is 1. The lowest BCUT2D eigenvalue weighted by atomic mass is 9.79. The summed E-state index contributed by atoms with van der Waals surface area (Å²) in [7, 11) is 0. The fourth-order valence-electron chi connectivity index (χ4n) is 2.55. The number of hydrogen-bond acceptors (Lipinski definition) is 3. The lowest BCUT2D eigenvalue weighted by molar-refractivity contribution is -0.129. The van der Waals surface area contributed by atoms with Gasteiger partial charge in [0.05, 0.1) is 11.8 Å². The van der Waals surface area contributed by atoms with Crippen molar-refractivity contribution in [2.75, 3.05) is 0 Å². The Kier molecular flexibility index (Phi) is 3.98. The Bertz CT molecular complexity index is 568. The van der Waals surface area contributed by atoms with Crippen LogP contribution >= 0.6 is 0 Å². The second-order valence-electron chi connectivity index (χ2n) is 4.90. The van der Waals surface area contributed by atoms with Gasteiger partial charge in [0.2, 0.25) is 5.91 Å². The van der Waals surface area contributed by atoms with E-state index < -0.39 is 5.41 Å². The Labute approximate surface area is 118 Å². The van der Waals surface area contributed by atoms with Crippen molar-refractivity contribution in [2.45, 2.75) is 19.3 Å². The molecular formula is C15H18N4O.